The molecule has 0 aromatic heterocycles. The summed E-state index contributed by atoms with van der Waals surface area (Å²) in [7, 11) is 0. The molecule has 1 N–H and O–H groups in total. The number of hydrogen-bond acceptors (Lipinski definition) is 1. The number of hydrogen-bond donors (Lipinski definition) is 1. The highest BCUT2D eigenvalue weighted by Gasteiger charge is 2.22. The number of aryl methyl sites for hydroxylation is 1. The van der Waals surface area contributed by atoms with Crippen LogP contribution in [0.4, 0.5) is 14.5 Å². The van der Waals surface area contributed by atoms with Gasteiger partial charge in [-0.2, -0.15) is 0 Å². The topological polar surface area (TPSA) is 29.1 Å². The number of benzene rings is 2. The molecule has 0 spiro atoms. The molecule has 2 nitrogen and oxygen atoms in total. The van der Waals surface area contributed by atoms with Gasteiger partial charge in [0, 0.05) is 17.3 Å². The van der Waals surface area contributed by atoms with Crippen molar-refractivity contribution < 1.29 is 13.6 Å². The first kappa shape index (κ1) is 14.0. The summed E-state index contributed by atoms with van der Waals surface area (Å²) < 4.78 is 27.2. The SMILES string of the molecule is Cc1cc(C(Cl)c2ccc3c(c2)CC(=O)N3)c(F)cc1F. The Morgan fingerprint density at radius 2 is 1.95 bits per heavy atom. The van der Waals surface area contributed by atoms with Crippen LogP contribution in [0.1, 0.15) is 27.6 Å². The van der Waals surface area contributed by atoms with Crippen LogP contribution in [0.25, 0.3) is 0 Å². The number of fused-ring (bicyclic) bond motifs is 1. The molecule has 5 heteroatoms. The Balaban J connectivity index is 2.00. The van der Waals surface area contributed by atoms with Gasteiger partial charge in [-0.1, -0.05) is 12.1 Å². The van der Waals surface area contributed by atoms with Crippen LogP contribution in [0.2, 0.25) is 0 Å². The van der Waals surface area contributed by atoms with Crippen molar-refractivity contribution in [2.24, 2.45) is 0 Å². The van der Waals surface area contributed by atoms with Gasteiger partial charge in [-0.15, -0.1) is 11.6 Å². The predicted molar refractivity (Wildman–Crippen MR) is 77.6 cm³/mol. The van der Waals surface area contributed by atoms with Crippen LogP contribution in [0, 0.1) is 18.6 Å². The molecule has 3 rings (SSSR count). The van der Waals surface area contributed by atoms with E-state index >= 15 is 0 Å². The van der Waals surface area contributed by atoms with E-state index in [1.54, 1.807) is 25.1 Å². The molecule has 2 aromatic carbocycles. The maximum absolute atomic E-state index is 13.9. The maximum atomic E-state index is 13.9. The summed E-state index contributed by atoms with van der Waals surface area (Å²) in [6.07, 6.45) is 0.289. The summed E-state index contributed by atoms with van der Waals surface area (Å²) in [5.41, 5.74) is 2.84. The molecular weight excluding hydrogens is 296 g/mol. The van der Waals surface area contributed by atoms with Crippen molar-refractivity contribution >= 4 is 23.2 Å². The molecule has 0 aliphatic carbocycles. The normalized spacial score (nSPS) is 14.8. The minimum Gasteiger partial charge on any atom is -0.326 e. The largest absolute Gasteiger partial charge is 0.326 e. The smallest absolute Gasteiger partial charge is 0.228 e. The van der Waals surface area contributed by atoms with Crippen LogP contribution in [-0.2, 0) is 11.2 Å². The van der Waals surface area contributed by atoms with Crippen LogP contribution < -0.4 is 5.32 Å². The van der Waals surface area contributed by atoms with Crippen LogP contribution >= 0.6 is 11.6 Å². The monoisotopic (exact) mass is 307 g/mol. The zero-order chi connectivity index (χ0) is 15.1. The fourth-order valence-corrected chi connectivity index (χ4v) is 2.76. The van der Waals surface area contributed by atoms with Crippen molar-refractivity contribution in [1.29, 1.82) is 0 Å². The summed E-state index contributed by atoms with van der Waals surface area (Å²) in [6.45, 7) is 1.56. The van der Waals surface area contributed by atoms with Crippen molar-refractivity contribution in [3.8, 4) is 0 Å². The van der Waals surface area contributed by atoms with Crippen molar-refractivity contribution in [3.63, 3.8) is 0 Å². The molecular formula is C16H12ClF2NO. The molecule has 108 valence electrons. The van der Waals surface area contributed by atoms with Gasteiger partial charge in [0.05, 0.1) is 11.8 Å². The van der Waals surface area contributed by atoms with E-state index in [1.165, 1.54) is 6.07 Å². The number of rotatable bonds is 2. The molecule has 1 atom stereocenters. The van der Waals surface area contributed by atoms with Gasteiger partial charge in [-0.25, -0.2) is 8.78 Å². The quantitative estimate of drug-likeness (QED) is 0.832. The molecule has 2 aromatic rings. The molecule has 0 fully saturated rings. The van der Waals surface area contributed by atoms with Crippen molar-refractivity contribution in [2.45, 2.75) is 18.7 Å². The lowest BCUT2D eigenvalue weighted by molar-refractivity contribution is -0.115. The maximum Gasteiger partial charge on any atom is 0.228 e. The zero-order valence-corrected chi connectivity index (χ0v) is 12.0. The summed E-state index contributed by atoms with van der Waals surface area (Å²) in [5.74, 6) is -1.34. The van der Waals surface area contributed by atoms with Gasteiger partial charge in [0.15, 0.2) is 0 Å². The number of alkyl halides is 1. The van der Waals surface area contributed by atoms with Crippen molar-refractivity contribution in [2.75, 3.05) is 5.32 Å². The Hall–Kier alpha value is -1.94. The lowest BCUT2D eigenvalue weighted by atomic mass is 9.99. The molecule has 1 unspecified atom stereocenters. The number of nitrogens with one attached hydrogen (secondary N) is 1. The third-order valence-corrected chi connectivity index (χ3v) is 4.09. The van der Waals surface area contributed by atoms with E-state index in [-0.39, 0.29) is 17.9 Å². The summed E-state index contributed by atoms with van der Waals surface area (Å²) in [4.78, 5) is 11.3. The Kier molecular flexibility index (Phi) is 3.41. The van der Waals surface area contributed by atoms with Gasteiger partial charge in [-0.05, 0) is 35.7 Å². The van der Waals surface area contributed by atoms with E-state index in [1.807, 2.05) is 0 Å². The Bertz CT molecular complexity index is 745. The second-order valence-corrected chi connectivity index (χ2v) is 5.56. The average molecular weight is 308 g/mol. The molecule has 0 saturated heterocycles. The highest BCUT2D eigenvalue weighted by molar-refractivity contribution is 6.22. The second kappa shape index (κ2) is 5.11. The highest BCUT2D eigenvalue weighted by Crippen LogP contribution is 2.35. The van der Waals surface area contributed by atoms with Crippen LogP contribution in [0.5, 0.6) is 0 Å². The molecule has 21 heavy (non-hydrogen) atoms. The van der Waals surface area contributed by atoms with Crippen LogP contribution in [-0.4, -0.2) is 5.91 Å². The standard InChI is InChI=1S/C16H12ClF2NO/c1-8-4-11(13(19)7-12(8)18)16(17)9-2-3-14-10(5-9)6-15(21)20-14/h2-5,7,16H,6H2,1H3,(H,20,21). The molecule has 1 aliphatic heterocycles. The van der Waals surface area contributed by atoms with Gasteiger partial charge < -0.3 is 5.32 Å². The second-order valence-electron chi connectivity index (χ2n) is 5.13. The first-order chi connectivity index (χ1) is 9.95. The summed E-state index contributed by atoms with van der Waals surface area (Å²) in [6, 6.07) is 7.53. The molecule has 1 heterocycles. The number of anilines is 1. The van der Waals surface area contributed by atoms with Gasteiger partial charge >= 0.3 is 0 Å². The third-order valence-electron chi connectivity index (χ3n) is 3.60. The number of carbonyl (C=O) groups excluding carboxylic acids is 1. The number of amides is 1. The molecule has 1 aliphatic rings. The van der Waals surface area contributed by atoms with Gasteiger partial charge in [0.2, 0.25) is 5.91 Å². The van der Waals surface area contributed by atoms with Gasteiger partial charge in [0.1, 0.15) is 11.6 Å². The lowest BCUT2D eigenvalue weighted by Crippen LogP contribution is -2.03. The van der Waals surface area contributed by atoms with E-state index in [2.05, 4.69) is 5.32 Å². The average Bonchev–Trinajstić information content (AvgIpc) is 2.81. The first-order valence-electron chi connectivity index (χ1n) is 6.48. The minimum absolute atomic E-state index is 0.0721. The fourth-order valence-electron chi connectivity index (χ4n) is 2.46. The number of halogens is 3. The van der Waals surface area contributed by atoms with Crippen molar-refractivity contribution in [1.82, 2.24) is 0 Å². The Morgan fingerprint density at radius 3 is 2.71 bits per heavy atom. The molecule has 0 bridgehead atoms. The third kappa shape index (κ3) is 2.51. The van der Waals surface area contributed by atoms with Crippen LogP contribution in [0.15, 0.2) is 30.3 Å². The highest BCUT2D eigenvalue weighted by atomic mass is 35.5. The molecule has 0 radical (unpaired) electrons. The minimum atomic E-state index is -0.731. The van der Waals surface area contributed by atoms with Crippen molar-refractivity contribution in [3.05, 3.63) is 64.2 Å². The predicted octanol–water partition coefficient (Wildman–Crippen LogP) is 4.10. The molecule has 1 amide bonds. The Labute approximate surface area is 125 Å². The van der Waals surface area contributed by atoms with Gasteiger partial charge in [0.25, 0.3) is 0 Å². The fraction of sp³-hybridized carbons (Fsp3) is 0.188. The Morgan fingerprint density at radius 1 is 1.19 bits per heavy atom. The van der Waals surface area contributed by atoms with E-state index in [9.17, 15) is 13.6 Å². The summed E-state index contributed by atoms with van der Waals surface area (Å²) >= 11 is 6.33. The van der Waals surface area contributed by atoms with E-state index in [0.29, 0.717) is 11.1 Å². The van der Waals surface area contributed by atoms with Crippen LogP contribution in [0.3, 0.4) is 0 Å². The lowest BCUT2D eigenvalue weighted by Gasteiger charge is -2.14. The van der Waals surface area contributed by atoms with E-state index in [0.717, 1.165) is 17.3 Å². The zero-order valence-electron chi connectivity index (χ0n) is 11.2. The first-order valence-corrected chi connectivity index (χ1v) is 6.91. The van der Waals surface area contributed by atoms with Gasteiger partial charge in [-0.3, -0.25) is 4.79 Å². The van der Waals surface area contributed by atoms with E-state index in [4.69, 9.17) is 11.6 Å². The summed E-state index contributed by atoms with van der Waals surface area (Å²) in [5, 5.41) is 1.99. The van der Waals surface area contributed by atoms with E-state index < -0.39 is 17.0 Å². The molecule has 0 saturated carbocycles. The number of carbonyl (C=O) groups is 1.